The Morgan fingerprint density at radius 1 is 0.861 bits per heavy atom. The van der Waals surface area contributed by atoms with Gasteiger partial charge in [0.2, 0.25) is 12.3 Å². The first-order chi connectivity index (χ1) is 17.6. The van der Waals surface area contributed by atoms with Crippen LogP contribution >= 0.6 is 0 Å². The Morgan fingerprint density at radius 2 is 1.58 bits per heavy atom. The Kier molecular flexibility index (Phi) is 6.62. The fraction of sp³-hybridized carbons (Fsp3) is 0.179. The molecule has 8 nitrogen and oxygen atoms in total. The van der Waals surface area contributed by atoms with Crippen molar-refractivity contribution < 1.29 is 9.47 Å². The number of hydrogen-bond acceptors (Lipinski definition) is 7. The minimum Gasteiger partial charge on any atom is -0.496 e. The first-order valence-corrected chi connectivity index (χ1v) is 11.8. The molecule has 5 rings (SSSR count). The van der Waals surface area contributed by atoms with Crippen molar-refractivity contribution in [1.29, 1.82) is 0 Å². The number of quaternary nitrogens is 1. The molecule has 2 N–H and O–H groups in total. The Labute approximate surface area is 210 Å². The molecule has 1 aliphatic heterocycles. The fourth-order valence-corrected chi connectivity index (χ4v) is 4.41. The van der Waals surface area contributed by atoms with Crippen LogP contribution in [0.4, 0.5) is 23.1 Å². The maximum Gasteiger partial charge on any atom is 0.263 e. The Bertz CT molecular complexity index is 1360. The average Bonchev–Trinajstić information content (AvgIpc) is 3.32. The number of ether oxygens (including phenoxy) is 2. The molecule has 0 amide bonds. The first-order valence-electron chi connectivity index (χ1n) is 11.8. The Morgan fingerprint density at radius 3 is 2.33 bits per heavy atom. The van der Waals surface area contributed by atoms with Gasteiger partial charge in [-0.1, -0.05) is 48.5 Å². The van der Waals surface area contributed by atoms with E-state index in [2.05, 4.69) is 40.8 Å². The number of fused-ring (bicyclic) bond motifs is 1. The van der Waals surface area contributed by atoms with Crippen LogP contribution in [0.2, 0.25) is 0 Å². The highest BCUT2D eigenvalue weighted by atomic mass is 16.5. The van der Waals surface area contributed by atoms with Gasteiger partial charge in [0, 0.05) is 18.3 Å². The van der Waals surface area contributed by atoms with E-state index in [1.54, 1.807) is 20.4 Å². The largest absolute Gasteiger partial charge is 0.496 e. The summed E-state index contributed by atoms with van der Waals surface area (Å²) in [6.07, 6.45) is 3.63. The molecule has 182 valence electrons. The van der Waals surface area contributed by atoms with E-state index in [0.717, 1.165) is 39.8 Å². The molecule has 4 aromatic rings. The average molecular weight is 482 g/mol. The molecule has 36 heavy (non-hydrogen) atoms. The molecular weight excluding hydrogens is 452 g/mol. The van der Waals surface area contributed by atoms with Crippen LogP contribution in [0.1, 0.15) is 24.1 Å². The van der Waals surface area contributed by atoms with E-state index >= 15 is 0 Å². The van der Waals surface area contributed by atoms with Crippen LogP contribution in [-0.2, 0) is 6.54 Å². The van der Waals surface area contributed by atoms with Crippen LogP contribution in [0.3, 0.4) is 0 Å². The van der Waals surface area contributed by atoms with E-state index in [1.807, 2.05) is 67.0 Å². The molecule has 0 saturated carbocycles. The predicted molar refractivity (Wildman–Crippen MR) is 143 cm³/mol. The highest BCUT2D eigenvalue weighted by Crippen LogP contribution is 2.42. The number of rotatable bonds is 9. The number of nitrogens with zero attached hydrogens (tertiary/aromatic N) is 4. The zero-order valence-electron chi connectivity index (χ0n) is 20.6. The van der Waals surface area contributed by atoms with Crippen LogP contribution in [0.15, 0.2) is 90.1 Å². The van der Waals surface area contributed by atoms with E-state index in [0.29, 0.717) is 12.5 Å². The monoisotopic (exact) mass is 481 g/mol. The molecule has 3 aromatic carbocycles. The smallest absolute Gasteiger partial charge is 0.263 e. The molecule has 0 fully saturated rings. The molecule has 1 aromatic heterocycles. The van der Waals surface area contributed by atoms with Gasteiger partial charge < -0.3 is 14.8 Å². The third-order valence-electron chi connectivity index (χ3n) is 6.31. The second-order valence-electron chi connectivity index (χ2n) is 8.45. The zero-order chi connectivity index (χ0) is 25.0. The van der Waals surface area contributed by atoms with E-state index in [-0.39, 0.29) is 10.6 Å². The lowest BCUT2D eigenvalue weighted by Gasteiger charge is -2.29. The van der Waals surface area contributed by atoms with Crippen molar-refractivity contribution >= 4 is 29.5 Å². The van der Waals surface area contributed by atoms with Crippen LogP contribution in [-0.4, -0.2) is 30.5 Å². The summed E-state index contributed by atoms with van der Waals surface area (Å²) in [5, 5.41) is 3.43. The molecule has 2 heterocycles. The number of aliphatic imine (C=N–C) groups is 1. The van der Waals surface area contributed by atoms with Gasteiger partial charge in [0.25, 0.3) is 5.82 Å². The standard InChI is InChI=1S/C28H29N6O2/c1-20(21-10-5-4-6-11-21)32-28-29-17-16-27(33-28)34(19-30-23-12-7-8-13-24(23)34)31-18-22-25(35-2)14-9-15-26(22)36-3/h4-17,19-20,31H,18H2,1-3H3,(H,29,32,33)/q+1. The summed E-state index contributed by atoms with van der Waals surface area (Å²) in [7, 11) is 3.32. The van der Waals surface area contributed by atoms with Gasteiger partial charge in [0.05, 0.1) is 32.4 Å². The molecule has 8 heteroatoms. The van der Waals surface area contributed by atoms with Gasteiger partial charge in [-0.05, 0) is 30.7 Å². The van der Waals surface area contributed by atoms with Crippen molar-refractivity contribution in [2.45, 2.75) is 19.5 Å². The quantitative estimate of drug-likeness (QED) is 0.299. The lowest BCUT2D eigenvalue weighted by atomic mass is 10.1. The minimum atomic E-state index is 0.0419. The van der Waals surface area contributed by atoms with Gasteiger partial charge in [-0.3, -0.25) is 0 Å². The summed E-state index contributed by atoms with van der Waals surface area (Å²) in [6, 6.07) is 26.0. The summed E-state index contributed by atoms with van der Waals surface area (Å²) < 4.78 is 11.4. The highest BCUT2D eigenvalue weighted by molar-refractivity contribution is 5.93. The highest BCUT2D eigenvalue weighted by Gasteiger charge is 2.41. The summed E-state index contributed by atoms with van der Waals surface area (Å²) in [5.41, 5.74) is 7.56. The van der Waals surface area contributed by atoms with Crippen molar-refractivity contribution in [2.24, 2.45) is 4.99 Å². The fourth-order valence-electron chi connectivity index (χ4n) is 4.41. The summed E-state index contributed by atoms with van der Waals surface area (Å²) >= 11 is 0. The van der Waals surface area contributed by atoms with E-state index in [4.69, 9.17) is 19.5 Å². The molecule has 0 radical (unpaired) electrons. The maximum absolute atomic E-state index is 5.62. The first kappa shape index (κ1) is 23.5. The van der Waals surface area contributed by atoms with Gasteiger partial charge in [-0.25, -0.2) is 4.98 Å². The summed E-state index contributed by atoms with van der Waals surface area (Å²) in [4.78, 5) is 14.1. The number of para-hydroxylation sites is 2. The van der Waals surface area contributed by atoms with Gasteiger partial charge in [0.15, 0.2) is 5.69 Å². The second-order valence-corrected chi connectivity index (χ2v) is 8.45. The topological polar surface area (TPSA) is 80.7 Å². The van der Waals surface area contributed by atoms with Gasteiger partial charge in [-0.2, -0.15) is 9.98 Å². The molecule has 2 unspecified atom stereocenters. The van der Waals surface area contributed by atoms with Crippen molar-refractivity contribution in [3.05, 3.63) is 96.2 Å². The van der Waals surface area contributed by atoms with Crippen LogP contribution in [0.25, 0.3) is 0 Å². The van der Waals surface area contributed by atoms with E-state index in [9.17, 15) is 0 Å². The number of nitrogens with one attached hydrogen (secondary N) is 2. The molecular formula is C28H29N6O2+. The van der Waals surface area contributed by atoms with Crippen molar-refractivity contribution in [3.63, 3.8) is 0 Å². The van der Waals surface area contributed by atoms with Gasteiger partial charge >= 0.3 is 0 Å². The number of methoxy groups -OCH3 is 2. The van der Waals surface area contributed by atoms with E-state index < -0.39 is 0 Å². The number of hydrogen-bond donors (Lipinski definition) is 2. The number of aromatic nitrogens is 2. The molecule has 1 aliphatic rings. The second kappa shape index (κ2) is 10.2. The third-order valence-corrected chi connectivity index (χ3v) is 6.31. The number of benzene rings is 3. The Hall–Kier alpha value is -4.27. The van der Waals surface area contributed by atoms with Gasteiger partial charge in [-0.15, -0.1) is 10.0 Å². The van der Waals surface area contributed by atoms with Crippen LogP contribution < -0.4 is 24.8 Å². The maximum atomic E-state index is 5.62. The minimum absolute atomic E-state index is 0.0419. The molecule has 0 saturated heterocycles. The SMILES string of the molecule is COc1cccc(OC)c1CN[N+]1(c2ccnc(NC(C)c3ccccc3)n2)C=Nc2ccccc21. The van der Waals surface area contributed by atoms with E-state index in [1.165, 1.54) is 0 Å². The molecule has 0 bridgehead atoms. The van der Waals surface area contributed by atoms with Crippen molar-refractivity contribution in [1.82, 2.24) is 20.0 Å². The normalized spacial score (nSPS) is 16.9. The van der Waals surface area contributed by atoms with Gasteiger partial charge in [0.1, 0.15) is 17.2 Å². The molecule has 0 aliphatic carbocycles. The van der Waals surface area contributed by atoms with Crippen LogP contribution in [0.5, 0.6) is 11.5 Å². The zero-order valence-corrected chi connectivity index (χ0v) is 20.6. The van der Waals surface area contributed by atoms with Crippen molar-refractivity contribution in [2.75, 3.05) is 19.5 Å². The molecule has 2 atom stereocenters. The van der Waals surface area contributed by atoms with Crippen molar-refractivity contribution in [3.8, 4) is 11.5 Å². The summed E-state index contributed by atoms with van der Waals surface area (Å²) in [5.74, 6) is 2.75. The lowest BCUT2D eigenvalue weighted by Crippen LogP contribution is -2.53. The third kappa shape index (κ3) is 4.39. The Balaban J connectivity index is 1.52. The van der Waals surface area contributed by atoms with Crippen LogP contribution in [0, 0.1) is 0 Å². The predicted octanol–water partition coefficient (Wildman–Crippen LogP) is 5.68. The lowest BCUT2D eigenvalue weighted by molar-refractivity contribution is 0.363. The number of anilines is 1. The summed E-state index contributed by atoms with van der Waals surface area (Å²) in [6.45, 7) is 2.54. The molecule has 0 spiro atoms.